The summed E-state index contributed by atoms with van der Waals surface area (Å²) in [6.07, 6.45) is 2.33. The lowest BCUT2D eigenvalue weighted by Gasteiger charge is -2.30. The van der Waals surface area contributed by atoms with Crippen molar-refractivity contribution in [3.05, 3.63) is 65.2 Å². The van der Waals surface area contributed by atoms with E-state index in [4.69, 9.17) is 11.6 Å². The molecule has 0 spiro atoms. The molecule has 2 aromatic carbocycles. The number of carbonyl (C=O) groups excluding carboxylic acids is 2. The molecule has 2 aromatic rings. The van der Waals surface area contributed by atoms with Crippen molar-refractivity contribution in [3.8, 4) is 0 Å². The molecule has 0 aromatic heterocycles. The van der Waals surface area contributed by atoms with E-state index in [1.807, 2.05) is 44.2 Å². The molecule has 2 amide bonds. The van der Waals surface area contributed by atoms with E-state index in [2.05, 4.69) is 5.32 Å². The van der Waals surface area contributed by atoms with Crippen molar-refractivity contribution in [3.63, 3.8) is 0 Å². The van der Waals surface area contributed by atoms with E-state index in [0.29, 0.717) is 23.7 Å². The molecular weight excluding hydrogens is 474 g/mol. The zero-order valence-electron chi connectivity index (χ0n) is 20.2. The Balaban J connectivity index is 2.13. The summed E-state index contributed by atoms with van der Waals surface area (Å²) in [4.78, 5) is 27.5. The number of halogens is 1. The number of hydrogen-bond donors (Lipinski definition) is 1. The molecule has 0 aliphatic heterocycles. The fourth-order valence-corrected chi connectivity index (χ4v) is 4.53. The minimum atomic E-state index is -3.54. The zero-order chi connectivity index (χ0) is 25.3. The average molecular weight is 508 g/mol. The largest absolute Gasteiger partial charge is 0.352 e. The van der Waals surface area contributed by atoms with Crippen LogP contribution in [0.25, 0.3) is 0 Å². The molecule has 1 N–H and O–H groups in total. The van der Waals surface area contributed by atoms with Crippen LogP contribution in [0.1, 0.15) is 45.6 Å². The van der Waals surface area contributed by atoms with Crippen LogP contribution in [0.2, 0.25) is 5.02 Å². The molecule has 186 valence electrons. The smallest absolute Gasteiger partial charge is 0.242 e. The third-order valence-corrected chi connectivity index (χ3v) is 7.08. The first-order chi connectivity index (χ1) is 16.0. The second kappa shape index (κ2) is 12.8. The van der Waals surface area contributed by atoms with E-state index in [1.165, 1.54) is 4.31 Å². The van der Waals surface area contributed by atoms with Crippen molar-refractivity contribution in [1.29, 1.82) is 0 Å². The Morgan fingerprint density at radius 3 is 2.21 bits per heavy atom. The molecule has 0 fully saturated rings. The van der Waals surface area contributed by atoms with Gasteiger partial charge in [-0.05, 0) is 56.5 Å². The fraction of sp³-hybridized carbons (Fsp3) is 0.440. The van der Waals surface area contributed by atoms with Gasteiger partial charge in [0.15, 0.2) is 0 Å². The molecular formula is C25H34ClN3O4S. The number of rotatable bonds is 12. The third-order valence-electron chi connectivity index (χ3n) is 5.63. The van der Waals surface area contributed by atoms with Crippen molar-refractivity contribution in [2.75, 3.05) is 17.1 Å². The minimum absolute atomic E-state index is 0.00585. The van der Waals surface area contributed by atoms with E-state index in [0.717, 1.165) is 18.2 Å². The topological polar surface area (TPSA) is 86.8 Å². The van der Waals surface area contributed by atoms with Gasteiger partial charge in [-0.15, -0.1) is 0 Å². The van der Waals surface area contributed by atoms with Gasteiger partial charge in [-0.3, -0.25) is 13.9 Å². The summed E-state index contributed by atoms with van der Waals surface area (Å²) < 4.78 is 25.9. The van der Waals surface area contributed by atoms with Crippen molar-refractivity contribution in [1.82, 2.24) is 10.2 Å². The number of amides is 2. The summed E-state index contributed by atoms with van der Waals surface area (Å²) in [5, 5.41) is 3.45. The van der Waals surface area contributed by atoms with E-state index in [1.54, 1.807) is 36.1 Å². The van der Waals surface area contributed by atoms with Crippen LogP contribution in [-0.4, -0.2) is 50.0 Å². The Morgan fingerprint density at radius 2 is 1.65 bits per heavy atom. The van der Waals surface area contributed by atoms with Gasteiger partial charge < -0.3 is 10.2 Å². The number of hydrogen-bond acceptors (Lipinski definition) is 4. The maximum absolute atomic E-state index is 13.2. The predicted octanol–water partition coefficient (Wildman–Crippen LogP) is 4.22. The quantitative estimate of drug-likeness (QED) is 0.466. The number of anilines is 1. The molecule has 0 bridgehead atoms. The number of nitrogens with one attached hydrogen (secondary N) is 1. The van der Waals surface area contributed by atoms with Crippen molar-refractivity contribution in [2.45, 2.75) is 58.7 Å². The molecule has 0 aliphatic carbocycles. The normalized spacial score (nSPS) is 13.1. The van der Waals surface area contributed by atoms with Gasteiger partial charge in [0.25, 0.3) is 0 Å². The molecule has 0 radical (unpaired) electrons. The maximum atomic E-state index is 13.2. The highest BCUT2D eigenvalue weighted by Crippen LogP contribution is 2.21. The molecule has 0 aliphatic rings. The van der Waals surface area contributed by atoms with E-state index < -0.39 is 16.1 Å². The Kier molecular flexibility index (Phi) is 10.4. The van der Waals surface area contributed by atoms with Crippen LogP contribution in [0.5, 0.6) is 0 Å². The Morgan fingerprint density at radius 1 is 1.03 bits per heavy atom. The summed E-state index contributed by atoms with van der Waals surface area (Å²) in [6, 6.07) is 15.3. The molecule has 0 saturated heterocycles. The van der Waals surface area contributed by atoms with Gasteiger partial charge in [0.1, 0.15) is 6.04 Å². The standard InChI is InChI=1S/C25H34ClN3O4S/c1-5-19(2)27-25(31)20(3)28(18-21-10-7-6-8-11-21)24(30)12-9-17-29(34(4,32)33)23-15-13-22(26)14-16-23/h6-8,10-11,13-16,19-20H,5,9,12,17-18H2,1-4H3,(H,27,31). The lowest BCUT2D eigenvalue weighted by Crippen LogP contribution is -2.49. The zero-order valence-corrected chi connectivity index (χ0v) is 21.8. The van der Waals surface area contributed by atoms with Crippen LogP contribution in [0.15, 0.2) is 54.6 Å². The van der Waals surface area contributed by atoms with Crippen LogP contribution in [0.3, 0.4) is 0 Å². The highest BCUT2D eigenvalue weighted by atomic mass is 35.5. The Labute approximate surface area is 208 Å². The first kappa shape index (κ1) is 27.7. The highest BCUT2D eigenvalue weighted by Gasteiger charge is 2.27. The number of nitrogens with zero attached hydrogens (tertiary/aromatic N) is 2. The Bertz CT molecular complexity index is 1050. The molecule has 2 rings (SSSR count). The lowest BCUT2D eigenvalue weighted by molar-refractivity contribution is -0.140. The maximum Gasteiger partial charge on any atom is 0.242 e. The summed E-state index contributed by atoms with van der Waals surface area (Å²) in [5.74, 6) is -0.419. The van der Waals surface area contributed by atoms with Gasteiger partial charge in [-0.2, -0.15) is 0 Å². The van der Waals surface area contributed by atoms with Gasteiger partial charge >= 0.3 is 0 Å². The summed E-state index contributed by atoms with van der Waals surface area (Å²) in [6.45, 7) is 6.05. The molecule has 0 heterocycles. The minimum Gasteiger partial charge on any atom is -0.352 e. The summed E-state index contributed by atoms with van der Waals surface area (Å²) in [5.41, 5.74) is 1.40. The fourth-order valence-electron chi connectivity index (χ4n) is 3.44. The van der Waals surface area contributed by atoms with Crippen molar-refractivity contribution >= 4 is 39.1 Å². The van der Waals surface area contributed by atoms with E-state index in [9.17, 15) is 18.0 Å². The summed E-state index contributed by atoms with van der Waals surface area (Å²) >= 11 is 5.92. The first-order valence-electron chi connectivity index (χ1n) is 11.4. The van der Waals surface area contributed by atoms with Gasteiger partial charge in [0.2, 0.25) is 21.8 Å². The van der Waals surface area contributed by atoms with Crippen molar-refractivity contribution in [2.24, 2.45) is 0 Å². The lowest BCUT2D eigenvalue weighted by atomic mass is 10.1. The van der Waals surface area contributed by atoms with Gasteiger partial charge in [0.05, 0.1) is 11.9 Å². The first-order valence-corrected chi connectivity index (χ1v) is 13.6. The monoisotopic (exact) mass is 507 g/mol. The molecule has 34 heavy (non-hydrogen) atoms. The van der Waals surface area contributed by atoms with Crippen LogP contribution in [-0.2, 0) is 26.2 Å². The number of carbonyl (C=O) groups is 2. The van der Waals surface area contributed by atoms with E-state index in [-0.39, 0.29) is 30.8 Å². The van der Waals surface area contributed by atoms with Crippen molar-refractivity contribution < 1.29 is 18.0 Å². The van der Waals surface area contributed by atoms with Gasteiger partial charge in [0, 0.05) is 30.6 Å². The summed E-state index contributed by atoms with van der Waals surface area (Å²) in [7, 11) is -3.54. The molecule has 0 saturated carbocycles. The predicted molar refractivity (Wildman–Crippen MR) is 137 cm³/mol. The number of benzene rings is 2. The van der Waals surface area contributed by atoms with Crippen LogP contribution >= 0.6 is 11.6 Å². The molecule has 2 unspecified atom stereocenters. The second-order valence-electron chi connectivity index (χ2n) is 8.42. The number of sulfonamides is 1. The van der Waals surface area contributed by atoms with Gasteiger partial charge in [-0.1, -0.05) is 48.9 Å². The van der Waals surface area contributed by atoms with Crippen LogP contribution < -0.4 is 9.62 Å². The van der Waals surface area contributed by atoms with Crippen LogP contribution in [0.4, 0.5) is 5.69 Å². The second-order valence-corrected chi connectivity index (χ2v) is 10.8. The molecule has 7 nitrogen and oxygen atoms in total. The average Bonchev–Trinajstić information content (AvgIpc) is 2.80. The SMILES string of the molecule is CCC(C)NC(=O)C(C)N(Cc1ccccc1)C(=O)CCCN(c1ccc(Cl)cc1)S(C)(=O)=O. The molecule has 2 atom stereocenters. The van der Waals surface area contributed by atoms with Gasteiger partial charge in [-0.25, -0.2) is 8.42 Å². The molecule has 9 heteroatoms. The third kappa shape index (κ3) is 8.33. The Hall–Kier alpha value is -2.58. The van der Waals surface area contributed by atoms with E-state index >= 15 is 0 Å². The van der Waals surface area contributed by atoms with Crippen LogP contribution in [0, 0.1) is 0 Å². The highest BCUT2D eigenvalue weighted by molar-refractivity contribution is 7.92.